The average Bonchev–Trinajstić information content (AvgIpc) is 2.74. The van der Waals surface area contributed by atoms with Gasteiger partial charge in [-0.3, -0.25) is 9.69 Å². The van der Waals surface area contributed by atoms with Crippen molar-refractivity contribution in [3.05, 3.63) is 38.0 Å². The highest BCUT2D eigenvalue weighted by Crippen LogP contribution is 2.32. The SMILES string of the molecule is C=CC(=O)OCCN(CCOC(=O)C=C)[C@](CCOC(=O)C=C)(C(=O)O)[C@@H](C)CC. The Balaban J connectivity index is 5.74. The molecule has 168 valence electrons. The van der Waals surface area contributed by atoms with Crippen molar-refractivity contribution in [2.45, 2.75) is 32.2 Å². The molecule has 0 unspecified atom stereocenters. The number of carbonyl (C=O) groups excluding carboxylic acids is 3. The molecule has 0 aromatic rings. The lowest BCUT2D eigenvalue weighted by Crippen LogP contribution is -2.61. The number of carboxylic acids is 1. The van der Waals surface area contributed by atoms with Crippen molar-refractivity contribution in [2.75, 3.05) is 32.9 Å². The van der Waals surface area contributed by atoms with Gasteiger partial charge in [0.15, 0.2) is 0 Å². The predicted molar refractivity (Wildman–Crippen MR) is 109 cm³/mol. The lowest BCUT2D eigenvalue weighted by molar-refractivity contribution is -0.162. The Bertz CT molecular complexity index is 619. The molecule has 0 saturated carbocycles. The maximum absolute atomic E-state index is 12.5. The summed E-state index contributed by atoms with van der Waals surface area (Å²) in [7, 11) is 0. The minimum Gasteiger partial charge on any atom is -0.480 e. The quantitative estimate of drug-likeness (QED) is 0.224. The third-order valence-electron chi connectivity index (χ3n) is 4.80. The Kier molecular flexibility index (Phi) is 12.7. The predicted octanol–water partition coefficient (Wildman–Crippen LogP) is 1.74. The number of aliphatic carboxylic acids is 1. The minimum absolute atomic E-state index is 0.0261. The topological polar surface area (TPSA) is 119 Å². The van der Waals surface area contributed by atoms with Crippen LogP contribution in [-0.4, -0.2) is 72.3 Å². The van der Waals surface area contributed by atoms with E-state index < -0.39 is 29.4 Å². The largest absolute Gasteiger partial charge is 0.480 e. The molecule has 0 spiro atoms. The van der Waals surface area contributed by atoms with Crippen LogP contribution < -0.4 is 0 Å². The molecule has 0 bridgehead atoms. The van der Waals surface area contributed by atoms with E-state index in [-0.39, 0.29) is 45.2 Å². The van der Waals surface area contributed by atoms with Crippen LogP contribution in [0.4, 0.5) is 0 Å². The maximum atomic E-state index is 12.5. The van der Waals surface area contributed by atoms with Gasteiger partial charge in [0.2, 0.25) is 0 Å². The Morgan fingerprint density at radius 3 is 1.63 bits per heavy atom. The normalized spacial score (nSPS) is 13.4. The third kappa shape index (κ3) is 8.20. The second-order valence-corrected chi connectivity index (χ2v) is 6.39. The molecule has 9 heteroatoms. The van der Waals surface area contributed by atoms with Gasteiger partial charge in [-0.1, -0.05) is 40.0 Å². The number of hydrogen-bond acceptors (Lipinski definition) is 8. The zero-order chi connectivity index (χ0) is 23.2. The summed E-state index contributed by atoms with van der Waals surface area (Å²) in [5.74, 6) is -3.45. The first-order valence-corrected chi connectivity index (χ1v) is 9.55. The summed E-state index contributed by atoms with van der Waals surface area (Å²) in [6, 6.07) is 0. The monoisotopic (exact) mass is 425 g/mol. The third-order valence-corrected chi connectivity index (χ3v) is 4.80. The minimum atomic E-state index is -1.46. The number of carbonyl (C=O) groups is 4. The molecule has 0 aromatic carbocycles. The van der Waals surface area contributed by atoms with Crippen molar-refractivity contribution in [2.24, 2.45) is 5.92 Å². The first-order chi connectivity index (χ1) is 14.2. The van der Waals surface area contributed by atoms with Gasteiger partial charge in [0, 0.05) is 37.7 Å². The summed E-state index contributed by atoms with van der Waals surface area (Å²) in [4.78, 5) is 48.2. The second-order valence-electron chi connectivity index (χ2n) is 6.39. The van der Waals surface area contributed by atoms with Gasteiger partial charge >= 0.3 is 23.9 Å². The van der Waals surface area contributed by atoms with Crippen molar-refractivity contribution in [1.29, 1.82) is 0 Å². The smallest absolute Gasteiger partial charge is 0.330 e. The molecular formula is C21H31NO8. The fraction of sp³-hybridized carbons (Fsp3) is 0.524. The van der Waals surface area contributed by atoms with E-state index in [0.717, 1.165) is 18.2 Å². The molecule has 0 rings (SSSR count). The lowest BCUT2D eigenvalue weighted by Gasteiger charge is -2.44. The number of carboxylic acid groups (broad SMARTS) is 1. The fourth-order valence-electron chi connectivity index (χ4n) is 3.01. The van der Waals surface area contributed by atoms with Gasteiger partial charge in [0.25, 0.3) is 0 Å². The standard InChI is InChI=1S/C21H31NO8/c1-6-16(5)21(20(26)27,10-13-28-17(23)7-2)22(11-14-29-18(24)8-3)12-15-30-19(25)9-4/h7-9,16H,2-4,6,10-15H2,1,5H3,(H,26,27)/t16-,21-/m0/s1. The summed E-state index contributed by atoms with van der Waals surface area (Å²) >= 11 is 0. The van der Waals surface area contributed by atoms with Gasteiger partial charge in [-0.2, -0.15) is 0 Å². The Morgan fingerprint density at radius 1 is 0.900 bits per heavy atom. The van der Waals surface area contributed by atoms with E-state index in [1.54, 1.807) is 11.8 Å². The number of hydrogen-bond donors (Lipinski definition) is 1. The number of esters is 3. The van der Waals surface area contributed by atoms with E-state index in [1.165, 1.54) is 0 Å². The van der Waals surface area contributed by atoms with Gasteiger partial charge in [-0.05, 0) is 5.92 Å². The molecule has 0 aliphatic rings. The van der Waals surface area contributed by atoms with Crippen LogP contribution >= 0.6 is 0 Å². The summed E-state index contributed by atoms with van der Waals surface area (Å²) in [6.07, 6.45) is 3.49. The zero-order valence-electron chi connectivity index (χ0n) is 17.6. The van der Waals surface area contributed by atoms with Crippen molar-refractivity contribution in [3.63, 3.8) is 0 Å². The summed E-state index contributed by atoms with van der Waals surface area (Å²) in [5, 5.41) is 10.2. The first-order valence-electron chi connectivity index (χ1n) is 9.55. The van der Waals surface area contributed by atoms with Gasteiger partial charge in [-0.15, -0.1) is 0 Å². The van der Waals surface area contributed by atoms with Gasteiger partial charge in [0.05, 0.1) is 6.61 Å². The molecule has 0 heterocycles. The highest BCUT2D eigenvalue weighted by Gasteiger charge is 2.48. The molecule has 30 heavy (non-hydrogen) atoms. The van der Waals surface area contributed by atoms with E-state index in [9.17, 15) is 24.3 Å². The molecule has 0 saturated heterocycles. The van der Waals surface area contributed by atoms with Crippen LogP contribution in [0, 0.1) is 5.92 Å². The Hall–Kier alpha value is -2.94. The van der Waals surface area contributed by atoms with Crippen molar-refractivity contribution in [3.8, 4) is 0 Å². The highest BCUT2D eigenvalue weighted by atomic mass is 16.5. The van der Waals surface area contributed by atoms with Gasteiger partial charge in [0.1, 0.15) is 18.8 Å². The van der Waals surface area contributed by atoms with Gasteiger partial charge < -0.3 is 19.3 Å². The Morgan fingerprint density at radius 2 is 1.30 bits per heavy atom. The second kappa shape index (κ2) is 14.1. The molecule has 2 atom stereocenters. The zero-order valence-corrected chi connectivity index (χ0v) is 17.6. The maximum Gasteiger partial charge on any atom is 0.330 e. The van der Waals surface area contributed by atoms with Crippen LogP contribution in [0.1, 0.15) is 26.7 Å². The summed E-state index contributed by atoms with van der Waals surface area (Å²) < 4.78 is 15.0. The van der Waals surface area contributed by atoms with Crippen LogP contribution in [0.15, 0.2) is 38.0 Å². The first kappa shape index (κ1) is 27.1. The average molecular weight is 425 g/mol. The lowest BCUT2D eigenvalue weighted by atomic mass is 9.79. The fourth-order valence-corrected chi connectivity index (χ4v) is 3.01. The van der Waals surface area contributed by atoms with Crippen molar-refractivity contribution >= 4 is 23.9 Å². The van der Waals surface area contributed by atoms with Gasteiger partial charge in [-0.25, -0.2) is 14.4 Å². The molecular weight excluding hydrogens is 394 g/mol. The van der Waals surface area contributed by atoms with E-state index >= 15 is 0 Å². The highest BCUT2D eigenvalue weighted by molar-refractivity contribution is 5.82. The molecule has 1 N–H and O–H groups in total. The number of rotatable bonds is 16. The van der Waals surface area contributed by atoms with Crippen LogP contribution in [0.2, 0.25) is 0 Å². The van der Waals surface area contributed by atoms with E-state index in [1.807, 2.05) is 6.92 Å². The molecule has 0 fully saturated rings. The molecule has 0 radical (unpaired) electrons. The number of ether oxygens (including phenoxy) is 3. The molecule has 9 nitrogen and oxygen atoms in total. The van der Waals surface area contributed by atoms with Crippen molar-refractivity contribution < 1.29 is 38.5 Å². The summed E-state index contributed by atoms with van der Waals surface area (Å²) in [5.41, 5.74) is -1.46. The molecule has 0 aliphatic carbocycles. The van der Waals surface area contributed by atoms with Crippen LogP contribution in [-0.2, 0) is 33.4 Å². The number of nitrogens with zero attached hydrogens (tertiary/aromatic N) is 1. The van der Waals surface area contributed by atoms with E-state index in [0.29, 0.717) is 6.42 Å². The van der Waals surface area contributed by atoms with Crippen LogP contribution in [0.5, 0.6) is 0 Å². The molecule has 0 aromatic heterocycles. The van der Waals surface area contributed by atoms with Crippen LogP contribution in [0.3, 0.4) is 0 Å². The summed E-state index contributed by atoms with van der Waals surface area (Å²) in [6.45, 7) is 13.3. The van der Waals surface area contributed by atoms with Crippen molar-refractivity contribution in [1.82, 2.24) is 4.90 Å². The Labute approximate surface area is 177 Å². The molecule has 0 amide bonds. The molecule has 0 aliphatic heterocycles. The van der Waals surface area contributed by atoms with E-state index in [4.69, 9.17) is 14.2 Å². The van der Waals surface area contributed by atoms with E-state index in [2.05, 4.69) is 19.7 Å². The van der Waals surface area contributed by atoms with Crippen LogP contribution in [0.25, 0.3) is 0 Å².